The Balaban J connectivity index is 2.05. The second-order valence-electron chi connectivity index (χ2n) is 3.95. The molecule has 0 saturated carbocycles. The number of hydrogen-bond donors (Lipinski definition) is 1. The third kappa shape index (κ3) is 3.29. The number of rotatable bonds is 4. The van der Waals surface area contributed by atoms with Crippen molar-refractivity contribution < 1.29 is 4.74 Å². The van der Waals surface area contributed by atoms with Crippen LogP contribution in [-0.2, 0) is 6.54 Å². The van der Waals surface area contributed by atoms with E-state index in [1.807, 2.05) is 49.6 Å². The zero-order chi connectivity index (χ0) is 12.1. The van der Waals surface area contributed by atoms with Gasteiger partial charge in [0, 0.05) is 18.8 Å². The maximum Gasteiger partial charge on any atom is 0.219 e. The van der Waals surface area contributed by atoms with E-state index in [9.17, 15) is 0 Å². The van der Waals surface area contributed by atoms with Gasteiger partial charge in [-0.15, -0.1) is 0 Å². The van der Waals surface area contributed by atoms with Crippen molar-refractivity contribution in [3.8, 4) is 11.6 Å². The molecule has 0 aliphatic carbocycles. The number of nitrogens with zero attached hydrogens (tertiary/aromatic N) is 1. The highest BCUT2D eigenvalue weighted by Crippen LogP contribution is 2.19. The summed E-state index contributed by atoms with van der Waals surface area (Å²) in [6.45, 7) is 2.87. The number of ether oxygens (including phenoxy) is 1. The first kappa shape index (κ1) is 11.6. The Morgan fingerprint density at radius 2 is 1.88 bits per heavy atom. The molecule has 0 aliphatic rings. The summed E-state index contributed by atoms with van der Waals surface area (Å²) in [7, 11) is 1.91. The molecule has 0 bridgehead atoms. The molecule has 3 nitrogen and oxygen atoms in total. The highest BCUT2D eigenvalue weighted by atomic mass is 16.5. The van der Waals surface area contributed by atoms with Crippen LogP contribution in [0.3, 0.4) is 0 Å². The molecule has 1 N–H and O–H groups in total. The summed E-state index contributed by atoms with van der Waals surface area (Å²) in [5.74, 6) is 1.43. The molecule has 1 aromatic heterocycles. The maximum atomic E-state index is 5.63. The molecule has 88 valence electrons. The van der Waals surface area contributed by atoms with Gasteiger partial charge >= 0.3 is 0 Å². The second kappa shape index (κ2) is 5.46. The molecular weight excluding hydrogens is 212 g/mol. The van der Waals surface area contributed by atoms with Gasteiger partial charge in [-0.3, -0.25) is 0 Å². The van der Waals surface area contributed by atoms with Crippen molar-refractivity contribution in [2.24, 2.45) is 0 Å². The quantitative estimate of drug-likeness (QED) is 0.873. The van der Waals surface area contributed by atoms with Crippen LogP contribution in [0.25, 0.3) is 0 Å². The van der Waals surface area contributed by atoms with Gasteiger partial charge in [-0.25, -0.2) is 4.98 Å². The van der Waals surface area contributed by atoms with Crippen LogP contribution < -0.4 is 10.1 Å². The molecule has 3 heteroatoms. The normalized spacial score (nSPS) is 10.2. The van der Waals surface area contributed by atoms with Crippen molar-refractivity contribution in [3.05, 3.63) is 53.7 Å². The number of benzene rings is 1. The molecule has 0 atom stereocenters. The lowest BCUT2D eigenvalue weighted by Crippen LogP contribution is -2.05. The van der Waals surface area contributed by atoms with Crippen molar-refractivity contribution in [2.45, 2.75) is 13.5 Å². The molecule has 0 saturated heterocycles. The predicted octanol–water partition coefficient (Wildman–Crippen LogP) is 2.90. The monoisotopic (exact) mass is 228 g/mol. The third-order valence-electron chi connectivity index (χ3n) is 2.42. The van der Waals surface area contributed by atoms with Crippen LogP contribution in [-0.4, -0.2) is 12.0 Å². The van der Waals surface area contributed by atoms with Crippen LogP contribution in [0.15, 0.2) is 42.6 Å². The average molecular weight is 228 g/mol. The van der Waals surface area contributed by atoms with Crippen LogP contribution in [0.5, 0.6) is 11.6 Å². The lowest BCUT2D eigenvalue weighted by Gasteiger charge is -2.05. The highest BCUT2D eigenvalue weighted by Gasteiger charge is 1.98. The third-order valence-corrected chi connectivity index (χ3v) is 2.42. The number of pyridine rings is 1. The van der Waals surface area contributed by atoms with Gasteiger partial charge in [-0.1, -0.05) is 23.8 Å². The zero-order valence-electron chi connectivity index (χ0n) is 10.1. The van der Waals surface area contributed by atoms with Crippen LogP contribution in [0.4, 0.5) is 0 Å². The Morgan fingerprint density at radius 1 is 1.12 bits per heavy atom. The Bertz CT molecular complexity index is 463. The van der Waals surface area contributed by atoms with Crippen LogP contribution >= 0.6 is 0 Å². The minimum Gasteiger partial charge on any atom is -0.439 e. The van der Waals surface area contributed by atoms with E-state index >= 15 is 0 Å². The predicted molar refractivity (Wildman–Crippen MR) is 68.3 cm³/mol. The summed E-state index contributed by atoms with van der Waals surface area (Å²) in [5, 5.41) is 3.08. The van der Waals surface area contributed by atoms with Crippen LogP contribution in [0, 0.1) is 6.92 Å². The highest BCUT2D eigenvalue weighted by molar-refractivity contribution is 5.30. The minimum atomic E-state index is 0.619. The van der Waals surface area contributed by atoms with E-state index in [-0.39, 0.29) is 0 Å². The van der Waals surface area contributed by atoms with Gasteiger partial charge in [0.2, 0.25) is 5.88 Å². The fraction of sp³-hybridized carbons (Fsp3) is 0.214. The van der Waals surface area contributed by atoms with Gasteiger partial charge in [-0.2, -0.15) is 0 Å². The minimum absolute atomic E-state index is 0.619. The maximum absolute atomic E-state index is 5.63. The standard InChI is InChI=1S/C14H16N2O/c1-11-3-6-13(7-4-11)17-14-8-5-12(9-15-2)10-16-14/h3-8,10,15H,9H2,1-2H3. The van der Waals surface area contributed by atoms with E-state index in [4.69, 9.17) is 4.74 Å². The fourth-order valence-electron chi connectivity index (χ4n) is 1.51. The number of nitrogens with one attached hydrogen (secondary N) is 1. The van der Waals surface area contributed by atoms with E-state index in [2.05, 4.69) is 17.2 Å². The van der Waals surface area contributed by atoms with Gasteiger partial charge in [0.25, 0.3) is 0 Å². The summed E-state index contributed by atoms with van der Waals surface area (Å²) in [6.07, 6.45) is 1.82. The van der Waals surface area contributed by atoms with E-state index in [0.717, 1.165) is 17.9 Å². The molecule has 2 rings (SSSR count). The Morgan fingerprint density at radius 3 is 2.47 bits per heavy atom. The van der Waals surface area contributed by atoms with Crippen LogP contribution in [0.2, 0.25) is 0 Å². The number of hydrogen-bond acceptors (Lipinski definition) is 3. The first-order chi connectivity index (χ1) is 8.28. The first-order valence-electron chi connectivity index (χ1n) is 5.62. The van der Waals surface area contributed by atoms with Gasteiger partial charge in [0.15, 0.2) is 0 Å². The summed E-state index contributed by atoms with van der Waals surface area (Å²) in [4.78, 5) is 4.25. The Hall–Kier alpha value is -1.87. The van der Waals surface area contributed by atoms with E-state index in [1.165, 1.54) is 5.56 Å². The SMILES string of the molecule is CNCc1ccc(Oc2ccc(C)cc2)nc1. The smallest absolute Gasteiger partial charge is 0.219 e. The van der Waals surface area contributed by atoms with Gasteiger partial charge < -0.3 is 10.1 Å². The molecule has 1 aromatic carbocycles. The molecule has 2 aromatic rings. The van der Waals surface area contributed by atoms with Crippen molar-refractivity contribution in [1.29, 1.82) is 0 Å². The summed E-state index contributed by atoms with van der Waals surface area (Å²) in [6, 6.07) is 11.8. The van der Waals surface area contributed by atoms with Gasteiger partial charge in [-0.05, 0) is 31.7 Å². The summed E-state index contributed by atoms with van der Waals surface area (Å²) < 4.78 is 5.63. The molecule has 0 amide bonds. The average Bonchev–Trinajstić information content (AvgIpc) is 2.35. The lowest BCUT2D eigenvalue weighted by atomic mass is 10.2. The van der Waals surface area contributed by atoms with E-state index in [1.54, 1.807) is 0 Å². The summed E-state index contributed by atoms with van der Waals surface area (Å²) >= 11 is 0. The topological polar surface area (TPSA) is 34.1 Å². The molecule has 0 radical (unpaired) electrons. The summed E-state index contributed by atoms with van der Waals surface area (Å²) in [5.41, 5.74) is 2.36. The van der Waals surface area contributed by atoms with Crippen molar-refractivity contribution in [1.82, 2.24) is 10.3 Å². The molecule has 0 unspecified atom stereocenters. The van der Waals surface area contributed by atoms with Crippen molar-refractivity contribution in [2.75, 3.05) is 7.05 Å². The van der Waals surface area contributed by atoms with Crippen molar-refractivity contribution >= 4 is 0 Å². The Kier molecular flexibility index (Phi) is 3.73. The van der Waals surface area contributed by atoms with Gasteiger partial charge in [0.1, 0.15) is 5.75 Å². The van der Waals surface area contributed by atoms with Crippen molar-refractivity contribution in [3.63, 3.8) is 0 Å². The molecule has 17 heavy (non-hydrogen) atoms. The largest absolute Gasteiger partial charge is 0.439 e. The molecule has 1 heterocycles. The van der Waals surface area contributed by atoms with Crippen LogP contribution in [0.1, 0.15) is 11.1 Å². The number of aromatic nitrogens is 1. The van der Waals surface area contributed by atoms with Gasteiger partial charge in [0.05, 0.1) is 0 Å². The molecule has 0 fully saturated rings. The zero-order valence-corrected chi connectivity index (χ0v) is 10.1. The lowest BCUT2D eigenvalue weighted by molar-refractivity contribution is 0.462. The molecule has 0 aliphatic heterocycles. The van der Waals surface area contributed by atoms with E-state index in [0.29, 0.717) is 5.88 Å². The van der Waals surface area contributed by atoms with E-state index < -0.39 is 0 Å². The Labute approximate surface area is 101 Å². The number of aryl methyl sites for hydroxylation is 1. The molecular formula is C14H16N2O. The fourth-order valence-corrected chi connectivity index (χ4v) is 1.51. The second-order valence-corrected chi connectivity index (χ2v) is 3.95. The first-order valence-corrected chi connectivity index (χ1v) is 5.62. The molecule has 0 spiro atoms.